The molecule has 0 radical (unpaired) electrons. The van der Waals surface area contributed by atoms with E-state index in [0.717, 1.165) is 15.5 Å². The molecule has 0 aromatic carbocycles. The molecule has 0 aliphatic carbocycles. The lowest BCUT2D eigenvalue weighted by atomic mass is 10.1. The molecule has 8 heteroatoms. The van der Waals surface area contributed by atoms with Crippen LogP contribution in [0.2, 0.25) is 0 Å². The van der Waals surface area contributed by atoms with Gasteiger partial charge in [-0.3, -0.25) is 14.6 Å². The van der Waals surface area contributed by atoms with Gasteiger partial charge in [-0.15, -0.1) is 11.8 Å². The smallest absolute Gasteiger partial charge is 0.261 e. The SMILES string of the molecule is CC1=CC2C(=O)N=C(CSCC(=O)NCc3ccncc3)N=C2S1. The second-order valence-electron chi connectivity index (χ2n) is 5.30. The lowest BCUT2D eigenvalue weighted by Gasteiger charge is -2.12. The number of amides is 2. The van der Waals surface area contributed by atoms with E-state index in [1.54, 1.807) is 12.4 Å². The fraction of sp³-hybridized carbons (Fsp3) is 0.312. The van der Waals surface area contributed by atoms with Crippen molar-refractivity contribution in [3.8, 4) is 0 Å². The molecule has 0 fully saturated rings. The van der Waals surface area contributed by atoms with Gasteiger partial charge in [0.05, 0.1) is 16.5 Å². The van der Waals surface area contributed by atoms with Gasteiger partial charge < -0.3 is 5.32 Å². The Kier molecular flexibility index (Phi) is 5.47. The maximum atomic E-state index is 12.0. The molecule has 0 saturated heterocycles. The largest absolute Gasteiger partial charge is 0.351 e. The van der Waals surface area contributed by atoms with E-state index in [4.69, 9.17) is 0 Å². The molecule has 3 heterocycles. The molecule has 2 aliphatic rings. The number of carbonyl (C=O) groups excluding carboxylic acids is 2. The van der Waals surface area contributed by atoms with Crippen molar-refractivity contribution in [2.24, 2.45) is 15.9 Å². The van der Waals surface area contributed by atoms with Gasteiger partial charge in [0.15, 0.2) is 0 Å². The number of pyridine rings is 1. The number of thioether (sulfide) groups is 2. The zero-order valence-electron chi connectivity index (χ0n) is 13.1. The maximum absolute atomic E-state index is 12.0. The first-order valence-electron chi connectivity index (χ1n) is 7.41. The van der Waals surface area contributed by atoms with E-state index < -0.39 is 0 Å². The molecule has 124 valence electrons. The lowest BCUT2D eigenvalue weighted by molar-refractivity contribution is -0.119. The van der Waals surface area contributed by atoms with Crippen LogP contribution in [0.15, 0.2) is 45.5 Å². The van der Waals surface area contributed by atoms with Crippen LogP contribution in [0.5, 0.6) is 0 Å². The van der Waals surface area contributed by atoms with Gasteiger partial charge in [-0.1, -0.05) is 17.8 Å². The normalized spacial score (nSPS) is 19.3. The molecule has 1 atom stereocenters. The number of aliphatic imine (C=N–C) groups is 2. The molecule has 2 amide bonds. The van der Waals surface area contributed by atoms with Crippen LogP contribution in [0.1, 0.15) is 12.5 Å². The third kappa shape index (κ3) is 4.33. The average molecular weight is 360 g/mol. The molecule has 24 heavy (non-hydrogen) atoms. The Morgan fingerprint density at radius 2 is 2.12 bits per heavy atom. The summed E-state index contributed by atoms with van der Waals surface area (Å²) >= 11 is 2.92. The summed E-state index contributed by atoms with van der Waals surface area (Å²) in [6, 6.07) is 3.72. The summed E-state index contributed by atoms with van der Waals surface area (Å²) in [5, 5.41) is 3.64. The minimum atomic E-state index is -0.299. The van der Waals surface area contributed by atoms with Gasteiger partial charge in [0, 0.05) is 18.9 Å². The second kappa shape index (κ2) is 7.76. The van der Waals surface area contributed by atoms with Crippen molar-refractivity contribution in [3.05, 3.63) is 41.1 Å². The van der Waals surface area contributed by atoms with Crippen LogP contribution in [0.4, 0.5) is 0 Å². The van der Waals surface area contributed by atoms with E-state index >= 15 is 0 Å². The van der Waals surface area contributed by atoms with Gasteiger partial charge in [-0.05, 0) is 29.5 Å². The highest BCUT2D eigenvalue weighted by molar-refractivity contribution is 8.17. The van der Waals surface area contributed by atoms with Crippen molar-refractivity contribution in [1.29, 1.82) is 0 Å². The number of aromatic nitrogens is 1. The Morgan fingerprint density at radius 1 is 1.33 bits per heavy atom. The molecular weight excluding hydrogens is 344 g/mol. The summed E-state index contributed by atoms with van der Waals surface area (Å²) in [7, 11) is 0. The first kappa shape index (κ1) is 16.9. The fourth-order valence-corrected chi connectivity index (χ4v) is 3.92. The number of amidine groups is 1. The van der Waals surface area contributed by atoms with Crippen molar-refractivity contribution in [2.75, 3.05) is 11.5 Å². The maximum Gasteiger partial charge on any atom is 0.261 e. The monoisotopic (exact) mass is 360 g/mol. The van der Waals surface area contributed by atoms with E-state index in [9.17, 15) is 9.59 Å². The third-order valence-electron chi connectivity index (χ3n) is 3.38. The van der Waals surface area contributed by atoms with Crippen LogP contribution < -0.4 is 5.32 Å². The highest BCUT2D eigenvalue weighted by Crippen LogP contribution is 2.34. The number of hydrogen-bond donors (Lipinski definition) is 1. The first-order chi connectivity index (χ1) is 11.6. The molecule has 6 nitrogen and oxygen atoms in total. The highest BCUT2D eigenvalue weighted by atomic mass is 32.2. The molecular formula is C16H16N4O2S2. The van der Waals surface area contributed by atoms with Gasteiger partial charge in [0.1, 0.15) is 11.8 Å². The molecule has 0 spiro atoms. The van der Waals surface area contributed by atoms with Crippen LogP contribution >= 0.6 is 23.5 Å². The Hall–Kier alpha value is -1.93. The minimum absolute atomic E-state index is 0.0576. The summed E-state index contributed by atoms with van der Waals surface area (Å²) in [6.07, 6.45) is 5.28. The summed E-state index contributed by atoms with van der Waals surface area (Å²) in [5.41, 5.74) is 1.00. The summed E-state index contributed by atoms with van der Waals surface area (Å²) < 4.78 is 0. The number of allylic oxidation sites excluding steroid dienone is 1. The molecule has 1 aromatic heterocycles. The first-order valence-corrected chi connectivity index (χ1v) is 9.38. The minimum Gasteiger partial charge on any atom is -0.351 e. The van der Waals surface area contributed by atoms with Crippen molar-refractivity contribution in [3.63, 3.8) is 0 Å². The van der Waals surface area contributed by atoms with E-state index in [1.807, 2.05) is 25.1 Å². The predicted molar refractivity (Wildman–Crippen MR) is 98.1 cm³/mol. The second-order valence-corrected chi connectivity index (χ2v) is 7.55. The Labute approximate surface area is 148 Å². The zero-order chi connectivity index (χ0) is 16.9. The third-order valence-corrected chi connectivity index (χ3v) is 5.32. The number of carbonyl (C=O) groups is 2. The molecule has 0 bridgehead atoms. The zero-order valence-corrected chi connectivity index (χ0v) is 14.7. The van der Waals surface area contributed by atoms with Gasteiger partial charge in [-0.2, -0.15) is 4.99 Å². The number of fused-ring (bicyclic) bond motifs is 1. The van der Waals surface area contributed by atoms with E-state index in [0.29, 0.717) is 23.9 Å². The van der Waals surface area contributed by atoms with Crippen LogP contribution in [0.25, 0.3) is 0 Å². The predicted octanol–water partition coefficient (Wildman–Crippen LogP) is 2.04. The van der Waals surface area contributed by atoms with Crippen LogP contribution in [-0.4, -0.2) is 39.2 Å². The quantitative estimate of drug-likeness (QED) is 0.839. The number of hydrogen-bond acceptors (Lipinski definition) is 6. The van der Waals surface area contributed by atoms with Crippen LogP contribution in [0, 0.1) is 5.92 Å². The Bertz CT molecular complexity index is 744. The summed E-state index contributed by atoms with van der Waals surface area (Å²) in [5.74, 6) is 0.724. The molecule has 2 aliphatic heterocycles. The molecule has 0 saturated carbocycles. The van der Waals surface area contributed by atoms with Crippen molar-refractivity contribution in [1.82, 2.24) is 10.3 Å². The molecule has 1 unspecified atom stereocenters. The molecule has 3 rings (SSSR count). The number of rotatable bonds is 6. The lowest BCUT2D eigenvalue weighted by Crippen LogP contribution is -2.26. The average Bonchev–Trinajstić information content (AvgIpc) is 2.95. The van der Waals surface area contributed by atoms with Crippen molar-refractivity contribution in [2.45, 2.75) is 13.5 Å². The summed E-state index contributed by atoms with van der Waals surface area (Å²) in [4.78, 5) is 37.3. The Balaban J connectivity index is 1.43. The fourth-order valence-electron chi connectivity index (χ4n) is 2.24. The van der Waals surface area contributed by atoms with Gasteiger partial charge in [0.25, 0.3) is 5.91 Å². The van der Waals surface area contributed by atoms with Gasteiger partial charge in [0.2, 0.25) is 5.91 Å². The number of nitrogens with one attached hydrogen (secondary N) is 1. The van der Waals surface area contributed by atoms with Gasteiger partial charge in [-0.25, -0.2) is 4.99 Å². The molecule has 1 N–H and O–H groups in total. The molecule has 1 aromatic rings. The Morgan fingerprint density at radius 3 is 2.92 bits per heavy atom. The van der Waals surface area contributed by atoms with E-state index in [-0.39, 0.29) is 17.7 Å². The van der Waals surface area contributed by atoms with Crippen molar-refractivity contribution >= 4 is 46.2 Å². The number of nitrogens with zero attached hydrogens (tertiary/aromatic N) is 3. The topological polar surface area (TPSA) is 83.8 Å². The van der Waals surface area contributed by atoms with Crippen molar-refractivity contribution < 1.29 is 9.59 Å². The summed E-state index contributed by atoms with van der Waals surface area (Å²) in [6.45, 7) is 2.44. The highest BCUT2D eigenvalue weighted by Gasteiger charge is 2.32. The van der Waals surface area contributed by atoms with Crippen LogP contribution in [0.3, 0.4) is 0 Å². The van der Waals surface area contributed by atoms with E-state index in [1.165, 1.54) is 23.5 Å². The standard InChI is InChI=1S/C16H16N4O2S2/c1-10-6-12-15(22)19-13(20-16(12)24-10)8-23-9-14(21)18-7-11-2-4-17-5-3-11/h2-6,12H,7-9H2,1H3,(H,18,21). The van der Waals surface area contributed by atoms with Gasteiger partial charge >= 0.3 is 0 Å². The van der Waals surface area contributed by atoms with Crippen LogP contribution in [-0.2, 0) is 16.1 Å². The van der Waals surface area contributed by atoms with E-state index in [2.05, 4.69) is 20.3 Å².